The van der Waals surface area contributed by atoms with E-state index in [0.717, 1.165) is 24.8 Å². The van der Waals surface area contributed by atoms with Crippen molar-refractivity contribution in [3.8, 4) is 0 Å². The molecule has 9 nitrogen and oxygen atoms in total. The van der Waals surface area contributed by atoms with Crippen molar-refractivity contribution in [2.75, 3.05) is 32.7 Å². The van der Waals surface area contributed by atoms with Crippen molar-refractivity contribution in [3.63, 3.8) is 0 Å². The van der Waals surface area contributed by atoms with Crippen molar-refractivity contribution in [2.45, 2.75) is 128 Å². The van der Waals surface area contributed by atoms with E-state index in [4.69, 9.17) is 9.56 Å². The quantitative estimate of drug-likeness (QED) is 0.0518. The van der Waals surface area contributed by atoms with Crippen molar-refractivity contribution in [3.05, 3.63) is 102 Å². The number of nitrogens with two attached hydrogens (primary N) is 1. The fourth-order valence-electron chi connectivity index (χ4n) is 6.43. The second-order valence-electron chi connectivity index (χ2n) is 14.4. The number of benzene rings is 2. The normalized spacial score (nSPS) is 11.8. The number of hydrogen-bond donors (Lipinski definition) is 2. The summed E-state index contributed by atoms with van der Waals surface area (Å²) in [4.78, 5) is 30.6. The summed E-state index contributed by atoms with van der Waals surface area (Å²) < 4.78 is 28.9. The lowest BCUT2D eigenvalue weighted by Crippen LogP contribution is -2.42. The molecule has 0 radical (unpaired) electrons. The van der Waals surface area contributed by atoms with E-state index in [1.54, 1.807) is 29.4 Å². The summed E-state index contributed by atoms with van der Waals surface area (Å²) >= 11 is 0. The SMILES string of the molecule is CCCCCCCC/C=C\CCCCCCCCNC(=O)CCN(CCc1ccccc1)CC(=O)N(CCc1ccc(S(N)(=O)=O)cc1)Cc1ccco1. The minimum absolute atomic E-state index is 0.00953. The van der Waals surface area contributed by atoms with Gasteiger partial charge in [0.1, 0.15) is 5.76 Å². The Morgan fingerprint density at radius 2 is 1.33 bits per heavy atom. The van der Waals surface area contributed by atoms with Gasteiger partial charge < -0.3 is 14.6 Å². The predicted octanol–water partition coefficient (Wildman–Crippen LogP) is 8.59. The molecule has 0 saturated carbocycles. The van der Waals surface area contributed by atoms with Gasteiger partial charge in [-0.1, -0.05) is 119 Å². The molecule has 3 rings (SSSR count). The Morgan fingerprint density at radius 3 is 1.96 bits per heavy atom. The molecule has 10 heteroatoms. The highest BCUT2D eigenvalue weighted by atomic mass is 32.2. The molecular formula is C44H66N4O5S. The van der Waals surface area contributed by atoms with E-state index < -0.39 is 10.0 Å². The standard InChI is InChI=1S/C44H66N4O5S/c1-2-3-4-5-6-7-8-9-10-11-12-13-14-15-16-20-32-46-43(49)31-34-47(33-29-39-22-18-17-19-23-39)38-44(50)48(37-41-24-21-36-53-41)35-30-40-25-27-42(28-26-40)54(45,51)52/h9-10,17-19,21-28,36H,2-8,11-16,20,29-35,37-38H2,1H3,(H,46,49)(H2,45,51,52)/b10-9-. The molecule has 298 valence electrons. The van der Waals surface area contributed by atoms with Gasteiger partial charge >= 0.3 is 0 Å². The molecule has 0 spiro atoms. The topological polar surface area (TPSA) is 126 Å². The second kappa shape index (κ2) is 26.9. The molecule has 2 aromatic carbocycles. The number of nitrogens with one attached hydrogen (secondary N) is 1. The lowest BCUT2D eigenvalue weighted by molar-refractivity contribution is -0.133. The van der Waals surface area contributed by atoms with Gasteiger partial charge in [0.25, 0.3) is 0 Å². The number of carbonyl (C=O) groups excluding carboxylic acids is 2. The van der Waals surface area contributed by atoms with Gasteiger partial charge in [0.2, 0.25) is 21.8 Å². The van der Waals surface area contributed by atoms with Crippen LogP contribution in [0.4, 0.5) is 0 Å². The summed E-state index contributed by atoms with van der Waals surface area (Å²) in [6.07, 6.45) is 25.5. The smallest absolute Gasteiger partial charge is 0.238 e. The summed E-state index contributed by atoms with van der Waals surface area (Å²) in [5.74, 6) is 0.620. The first kappa shape index (κ1) is 44.7. The first-order valence-electron chi connectivity index (χ1n) is 20.3. The Hall–Kier alpha value is -3.73. The monoisotopic (exact) mass is 762 g/mol. The average Bonchev–Trinajstić information content (AvgIpc) is 3.69. The summed E-state index contributed by atoms with van der Waals surface area (Å²) in [6, 6.07) is 20.2. The maximum atomic E-state index is 13.8. The summed E-state index contributed by atoms with van der Waals surface area (Å²) in [5.41, 5.74) is 2.06. The molecule has 0 aliphatic rings. The maximum Gasteiger partial charge on any atom is 0.238 e. The van der Waals surface area contributed by atoms with Crippen LogP contribution in [-0.2, 0) is 39.0 Å². The summed E-state index contributed by atoms with van der Waals surface area (Å²) in [5, 5.41) is 8.34. The number of rotatable bonds is 30. The molecule has 0 fully saturated rings. The molecule has 0 aliphatic carbocycles. The van der Waals surface area contributed by atoms with Gasteiger partial charge in [-0.05, 0) is 80.3 Å². The van der Waals surface area contributed by atoms with Crippen LogP contribution in [0.1, 0.15) is 120 Å². The molecule has 0 bridgehead atoms. The van der Waals surface area contributed by atoms with Gasteiger partial charge in [0.15, 0.2) is 0 Å². The van der Waals surface area contributed by atoms with Gasteiger partial charge in [-0.3, -0.25) is 14.5 Å². The van der Waals surface area contributed by atoms with Crippen molar-refractivity contribution < 1.29 is 22.4 Å². The Labute approximate surface area is 325 Å². The fourth-order valence-corrected chi connectivity index (χ4v) is 6.95. The number of primary sulfonamides is 1. The zero-order chi connectivity index (χ0) is 38.7. The van der Waals surface area contributed by atoms with Gasteiger partial charge in [-0.2, -0.15) is 0 Å². The first-order chi connectivity index (χ1) is 26.2. The van der Waals surface area contributed by atoms with Crippen molar-refractivity contribution in [1.29, 1.82) is 0 Å². The summed E-state index contributed by atoms with van der Waals surface area (Å²) in [6.45, 7) is 4.95. The minimum atomic E-state index is -3.78. The third-order valence-electron chi connectivity index (χ3n) is 9.79. The zero-order valence-corrected chi connectivity index (χ0v) is 33.6. The van der Waals surface area contributed by atoms with Crippen LogP contribution in [0.5, 0.6) is 0 Å². The van der Waals surface area contributed by atoms with Gasteiger partial charge in [-0.25, -0.2) is 13.6 Å². The van der Waals surface area contributed by atoms with Gasteiger partial charge in [0, 0.05) is 32.6 Å². The number of nitrogens with zero attached hydrogens (tertiary/aromatic N) is 2. The van der Waals surface area contributed by atoms with Crippen LogP contribution in [-0.4, -0.2) is 62.8 Å². The number of furan rings is 1. The first-order valence-corrected chi connectivity index (χ1v) is 21.9. The Bertz CT molecular complexity index is 1560. The van der Waals surface area contributed by atoms with Crippen LogP contribution in [0.2, 0.25) is 0 Å². The molecule has 3 aromatic rings. The van der Waals surface area contributed by atoms with Crippen LogP contribution in [0, 0.1) is 0 Å². The van der Waals surface area contributed by atoms with E-state index in [1.807, 2.05) is 24.3 Å². The number of sulfonamides is 1. The molecule has 0 unspecified atom stereocenters. The molecule has 3 N–H and O–H groups in total. The Balaban J connectivity index is 1.40. The third kappa shape index (κ3) is 20.1. The Morgan fingerprint density at radius 1 is 0.722 bits per heavy atom. The minimum Gasteiger partial charge on any atom is -0.467 e. The van der Waals surface area contributed by atoms with E-state index in [9.17, 15) is 18.0 Å². The highest BCUT2D eigenvalue weighted by Gasteiger charge is 2.20. The lowest BCUT2D eigenvalue weighted by Gasteiger charge is -2.27. The molecule has 54 heavy (non-hydrogen) atoms. The van der Waals surface area contributed by atoms with E-state index in [2.05, 4.69) is 41.4 Å². The van der Waals surface area contributed by atoms with Crippen molar-refractivity contribution in [2.24, 2.45) is 5.14 Å². The molecule has 0 saturated heterocycles. The molecular weight excluding hydrogens is 697 g/mol. The predicted molar refractivity (Wildman–Crippen MR) is 219 cm³/mol. The van der Waals surface area contributed by atoms with E-state index in [1.165, 1.54) is 94.7 Å². The maximum absolute atomic E-state index is 13.8. The Kier molecular flexibility index (Phi) is 22.3. The van der Waals surface area contributed by atoms with Crippen LogP contribution in [0.3, 0.4) is 0 Å². The number of unbranched alkanes of at least 4 members (excludes halogenated alkanes) is 12. The second-order valence-corrected chi connectivity index (χ2v) is 15.9. The van der Waals surface area contributed by atoms with E-state index in [-0.39, 0.29) is 23.3 Å². The van der Waals surface area contributed by atoms with Crippen LogP contribution in [0.15, 0.2) is 94.5 Å². The highest BCUT2D eigenvalue weighted by Crippen LogP contribution is 2.14. The largest absolute Gasteiger partial charge is 0.467 e. The third-order valence-corrected chi connectivity index (χ3v) is 10.7. The molecule has 1 aromatic heterocycles. The molecule has 0 aliphatic heterocycles. The van der Waals surface area contributed by atoms with E-state index in [0.29, 0.717) is 51.3 Å². The lowest BCUT2D eigenvalue weighted by atomic mass is 10.1. The van der Waals surface area contributed by atoms with Gasteiger partial charge in [-0.15, -0.1) is 0 Å². The van der Waals surface area contributed by atoms with Crippen LogP contribution < -0.4 is 10.5 Å². The summed E-state index contributed by atoms with van der Waals surface area (Å²) in [7, 11) is -3.78. The van der Waals surface area contributed by atoms with Crippen molar-refractivity contribution >= 4 is 21.8 Å². The van der Waals surface area contributed by atoms with Crippen molar-refractivity contribution in [1.82, 2.24) is 15.1 Å². The number of amides is 2. The van der Waals surface area contributed by atoms with Crippen LogP contribution in [0.25, 0.3) is 0 Å². The van der Waals surface area contributed by atoms with E-state index >= 15 is 0 Å². The number of hydrogen-bond acceptors (Lipinski definition) is 6. The molecule has 2 amide bonds. The molecule has 0 atom stereocenters. The number of allylic oxidation sites excluding steroid dienone is 2. The van der Waals surface area contributed by atoms with Crippen LogP contribution >= 0.6 is 0 Å². The van der Waals surface area contributed by atoms with Gasteiger partial charge in [0.05, 0.1) is 24.2 Å². The highest BCUT2D eigenvalue weighted by molar-refractivity contribution is 7.89. The zero-order valence-electron chi connectivity index (χ0n) is 32.8. The number of carbonyl (C=O) groups is 2. The molecule has 1 heterocycles. The fraction of sp³-hybridized carbons (Fsp3) is 0.545. The average molecular weight is 763 g/mol.